The zero-order valence-corrected chi connectivity index (χ0v) is 13.0. The Hall–Kier alpha value is -1.86. The van der Waals surface area contributed by atoms with E-state index in [-0.39, 0.29) is 24.1 Å². The van der Waals surface area contributed by atoms with Crippen LogP contribution in [0.4, 0.5) is 4.39 Å². The average Bonchev–Trinajstić information content (AvgIpc) is 2.42. The number of carbonyl (C=O) groups excluding carboxylic acids is 1. The molecule has 0 aromatic heterocycles. The van der Waals surface area contributed by atoms with Gasteiger partial charge < -0.3 is 10.0 Å². The molecule has 1 aromatic rings. The van der Waals surface area contributed by atoms with Gasteiger partial charge in [-0.1, -0.05) is 25.7 Å². The van der Waals surface area contributed by atoms with Crippen molar-refractivity contribution in [3.05, 3.63) is 35.1 Å². The molecule has 0 bridgehead atoms. The van der Waals surface area contributed by atoms with E-state index in [4.69, 9.17) is 5.11 Å². The second kappa shape index (κ2) is 7.80. The van der Waals surface area contributed by atoms with Crippen molar-refractivity contribution in [1.82, 2.24) is 4.90 Å². The molecule has 0 saturated carbocycles. The number of nitrogens with zero attached hydrogens (tertiary/aromatic N) is 1. The van der Waals surface area contributed by atoms with Crippen LogP contribution in [0.25, 0.3) is 0 Å². The number of carbonyl (C=O) groups is 1. The number of hydrogen-bond acceptors (Lipinski definition) is 2. The molecule has 0 fully saturated rings. The van der Waals surface area contributed by atoms with Gasteiger partial charge in [-0.3, -0.25) is 4.79 Å². The topological polar surface area (TPSA) is 40.5 Å². The van der Waals surface area contributed by atoms with Crippen molar-refractivity contribution < 1.29 is 14.3 Å². The van der Waals surface area contributed by atoms with Crippen molar-refractivity contribution in [3.63, 3.8) is 0 Å². The first-order valence-electron chi connectivity index (χ1n) is 7.03. The molecule has 4 heteroatoms. The Kier molecular flexibility index (Phi) is 6.39. The van der Waals surface area contributed by atoms with E-state index in [0.717, 1.165) is 6.42 Å². The highest BCUT2D eigenvalue weighted by atomic mass is 19.1. The second-order valence-corrected chi connectivity index (χ2v) is 5.55. The average molecular weight is 291 g/mol. The number of hydrogen-bond donors (Lipinski definition) is 1. The summed E-state index contributed by atoms with van der Waals surface area (Å²) >= 11 is 0. The third-order valence-corrected chi connectivity index (χ3v) is 3.31. The van der Waals surface area contributed by atoms with Crippen molar-refractivity contribution >= 4 is 5.91 Å². The molecule has 1 unspecified atom stereocenters. The maximum atomic E-state index is 14.0. The van der Waals surface area contributed by atoms with E-state index in [1.54, 1.807) is 18.0 Å². The Bertz CT molecular complexity index is 558. The molecule has 1 N–H and O–H groups in total. The van der Waals surface area contributed by atoms with Gasteiger partial charge in [-0.05, 0) is 37.5 Å². The Labute approximate surface area is 125 Å². The van der Waals surface area contributed by atoms with Crippen LogP contribution in [0, 0.1) is 23.6 Å². The largest absolute Gasteiger partial charge is 0.384 e. The van der Waals surface area contributed by atoms with Crippen molar-refractivity contribution in [3.8, 4) is 11.8 Å². The first-order valence-corrected chi connectivity index (χ1v) is 7.03. The maximum Gasteiger partial charge on any atom is 0.256 e. The third-order valence-electron chi connectivity index (χ3n) is 3.31. The fourth-order valence-electron chi connectivity index (χ4n) is 2.14. The summed E-state index contributed by atoms with van der Waals surface area (Å²) in [5.41, 5.74) is 0.485. The molecule has 0 spiro atoms. The number of benzene rings is 1. The van der Waals surface area contributed by atoms with Crippen LogP contribution in [0.1, 0.15) is 43.1 Å². The van der Waals surface area contributed by atoms with E-state index in [0.29, 0.717) is 11.5 Å². The highest BCUT2D eigenvalue weighted by Gasteiger charge is 2.21. The van der Waals surface area contributed by atoms with Gasteiger partial charge in [0, 0.05) is 18.7 Å². The maximum absolute atomic E-state index is 14.0. The molecule has 0 saturated heterocycles. The predicted octanol–water partition coefficient (Wildman–Crippen LogP) is 2.68. The fourth-order valence-corrected chi connectivity index (χ4v) is 2.14. The quantitative estimate of drug-likeness (QED) is 0.866. The third kappa shape index (κ3) is 4.87. The van der Waals surface area contributed by atoms with Gasteiger partial charge in [-0.25, -0.2) is 4.39 Å². The molecule has 0 aliphatic carbocycles. The molecule has 1 atom stereocenters. The zero-order valence-electron chi connectivity index (χ0n) is 13.0. The number of rotatable bonds is 4. The second-order valence-electron chi connectivity index (χ2n) is 5.55. The van der Waals surface area contributed by atoms with E-state index < -0.39 is 5.82 Å². The monoisotopic (exact) mass is 291 g/mol. The number of halogens is 1. The fraction of sp³-hybridized carbons (Fsp3) is 0.471. The van der Waals surface area contributed by atoms with Gasteiger partial charge in [0.25, 0.3) is 5.91 Å². The SMILES string of the molecule is CC(C)CC(C)N(C)C(=O)c1ccc(C#CCO)cc1F. The standard InChI is InChI=1S/C17H22FNO2/c1-12(2)10-13(3)19(4)17(21)15-8-7-14(6-5-9-20)11-16(15)18/h7-8,11-13,20H,9-10H2,1-4H3. The summed E-state index contributed by atoms with van der Waals surface area (Å²) in [5.74, 6) is 4.61. The van der Waals surface area contributed by atoms with Gasteiger partial charge in [0.2, 0.25) is 0 Å². The molecule has 114 valence electrons. The van der Waals surface area contributed by atoms with E-state index in [9.17, 15) is 9.18 Å². The number of aliphatic hydroxyl groups excluding tert-OH is 1. The molecule has 0 aliphatic heterocycles. The summed E-state index contributed by atoms with van der Waals surface area (Å²) in [6, 6.07) is 4.29. The number of aliphatic hydroxyl groups is 1. The number of amides is 1. The van der Waals surface area contributed by atoms with Gasteiger partial charge in [-0.15, -0.1) is 0 Å². The summed E-state index contributed by atoms with van der Waals surface area (Å²) in [4.78, 5) is 13.9. The van der Waals surface area contributed by atoms with Gasteiger partial charge in [0.05, 0.1) is 5.56 Å². The van der Waals surface area contributed by atoms with E-state index in [2.05, 4.69) is 25.7 Å². The lowest BCUT2D eigenvalue weighted by Crippen LogP contribution is -2.36. The molecule has 1 aromatic carbocycles. The van der Waals surface area contributed by atoms with Crippen molar-refractivity contribution in [2.24, 2.45) is 5.92 Å². The Morgan fingerprint density at radius 1 is 1.38 bits per heavy atom. The molecule has 0 aliphatic rings. The van der Waals surface area contributed by atoms with Crippen LogP contribution < -0.4 is 0 Å². The molecule has 0 heterocycles. The van der Waals surface area contributed by atoms with Crippen LogP contribution in [0.15, 0.2) is 18.2 Å². The lowest BCUT2D eigenvalue weighted by atomic mass is 10.0. The van der Waals surface area contributed by atoms with Gasteiger partial charge in [0.15, 0.2) is 0 Å². The van der Waals surface area contributed by atoms with E-state index in [1.807, 2.05) is 6.92 Å². The summed E-state index contributed by atoms with van der Waals surface area (Å²) in [6.07, 6.45) is 0.865. The lowest BCUT2D eigenvalue weighted by molar-refractivity contribution is 0.0723. The highest BCUT2D eigenvalue weighted by Crippen LogP contribution is 2.16. The van der Waals surface area contributed by atoms with Gasteiger partial charge in [0.1, 0.15) is 12.4 Å². The Morgan fingerprint density at radius 2 is 2.05 bits per heavy atom. The molecule has 3 nitrogen and oxygen atoms in total. The minimum absolute atomic E-state index is 0.0441. The van der Waals surface area contributed by atoms with Crippen molar-refractivity contribution in [2.75, 3.05) is 13.7 Å². The Balaban J connectivity index is 2.92. The van der Waals surface area contributed by atoms with Crippen LogP contribution in [-0.2, 0) is 0 Å². The smallest absolute Gasteiger partial charge is 0.256 e. The summed E-state index contributed by atoms with van der Waals surface area (Å²) in [7, 11) is 1.69. The summed E-state index contributed by atoms with van der Waals surface area (Å²) in [6.45, 7) is 5.85. The van der Waals surface area contributed by atoms with Crippen LogP contribution in [0.5, 0.6) is 0 Å². The van der Waals surface area contributed by atoms with Crippen molar-refractivity contribution in [1.29, 1.82) is 0 Å². The first-order chi connectivity index (χ1) is 9.86. The molecule has 0 radical (unpaired) electrons. The van der Waals surface area contributed by atoms with Crippen LogP contribution in [-0.4, -0.2) is 35.6 Å². The molecular weight excluding hydrogens is 269 g/mol. The van der Waals surface area contributed by atoms with Crippen LogP contribution >= 0.6 is 0 Å². The first kappa shape index (κ1) is 17.2. The zero-order chi connectivity index (χ0) is 16.0. The Morgan fingerprint density at radius 3 is 2.57 bits per heavy atom. The molecule has 1 rings (SSSR count). The molecule has 21 heavy (non-hydrogen) atoms. The minimum atomic E-state index is -0.590. The molecular formula is C17H22FNO2. The summed E-state index contributed by atoms with van der Waals surface area (Å²) < 4.78 is 14.0. The summed E-state index contributed by atoms with van der Waals surface area (Å²) in [5, 5.41) is 8.62. The van der Waals surface area contributed by atoms with E-state index in [1.165, 1.54) is 12.1 Å². The highest BCUT2D eigenvalue weighted by molar-refractivity contribution is 5.94. The van der Waals surface area contributed by atoms with E-state index >= 15 is 0 Å². The molecule has 1 amide bonds. The van der Waals surface area contributed by atoms with Crippen LogP contribution in [0.2, 0.25) is 0 Å². The van der Waals surface area contributed by atoms with Crippen LogP contribution in [0.3, 0.4) is 0 Å². The predicted molar refractivity (Wildman–Crippen MR) is 81.4 cm³/mol. The van der Waals surface area contributed by atoms with Gasteiger partial charge >= 0.3 is 0 Å². The van der Waals surface area contributed by atoms with Crippen molar-refractivity contribution in [2.45, 2.75) is 33.2 Å². The normalized spacial score (nSPS) is 11.8. The minimum Gasteiger partial charge on any atom is -0.384 e. The lowest BCUT2D eigenvalue weighted by Gasteiger charge is -2.26. The van der Waals surface area contributed by atoms with Gasteiger partial charge in [-0.2, -0.15) is 0 Å².